The van der Waals surface area contributed by atoms with E-state index in [0.717, 1.165) is 0 Å². The van der Waals surface area contributed by atoms with E-state index in [-0.39, 0.29) is 16.5 Å². The smallest absolute Gasteiger partial charge is 0.170 e. The summed E-state index contributed by atoms with van der Waals surface area (Å²) in [5.74, 6) is -0.189. The molecule has 0 spiro atoms. The van der Waals surface area contributed by atoms with Crippen molar-refractivity contribution < 1.29 is 13.9 Å². The van der Waals surface area contributed by atoms with Crippen molar-refractivity contribution in [2.45, 2.75) is 6.10 Å². The molecule has 19 heavy (non-hydrogen) atoms. The Bertz CT molecular complexity index is 741. The summed E-state index contributed by atoms with van der Waals surface area (Å²) in [5, 5.41) is 11.1. The molecule has 2 heterocycles. The first-order valence-electron chi connectivity index (χ1n) is 5.62. The summed E-state index contributed by atoms with van der Waals surface area (Å²) in [7, 11) is 0. The highest BCUT2D eigenvalue weighted by Gasteiger charge is 2.17. The molecule has 0 aliphatic heterocycles. The van der Waals surface area contributed by atoms with Gasteiger partial charge in [-0.2, -0.15) is 0 Å². The van der Waals surface area contributed by atoms with E-state index in [4.69, 9.17) is 16.0 Å². The van der Waals surface area contributed by atoms with E-state index < -0.39 is 11.9 Å². The van der Waals surface area contributed by atoms with E-state index in [1.807, 2.05) is 0 Å². The Kier molecular flexibility index (Phi) is 2.97. The summed E-state index contributed by atoms with van der Waals surface area (Å²) in [6, 6.07) is 9.39. The zero-order chi connectivity index (χ0) is 13.4. The quantitative estimate of drug-likeness (QED) is 0.727. The average molecular weight is 278 g/mol. The van der Waals surface area contributed by atoms with Gasteiger partial charge in [-0.05, 0) is 29.8 Å². The molecule has 0 aliphatic carbocycles. The number of benzene rings is 1. The first-order chi connectivity index (χ1) is 9.15. The van der Waals surface area contributed by atoms with E-state index in [1.165, 1.54) is 18.3 Å². The van der Waals surface area contributed by atoms with Crippen molar-refractivity contribution in [1.82, 2.24) is 4.98 Å². The number of fused-ring (bicyclic) bond motifs is 1. The van der Waals surface area contributed by atoms with E-state index in [2.05, 4.69) is 4.98 Å². The number of hydrogen-bond donors (Lipinski definition) is 1. The van der Waals surface area contributed by atoms with Crippen LogP contribution in [-0.2, 0) is 0 Å². The normalized spacial score (nSPS) is 12.8. The molecule has 1 aromatic carbocycles. The Morgan fingerprint density at radius 1 is 1.26 bits per heavy atom. The molecule has 0 saturated carbocycles. The topological polar surface area (TPSA) is 46.3 Å². The second kappa shape index (κ2) is 4.64. The first-order valence-corrected chi connectivity index (χ1v) is 6.00. The van der Waals surface area contributed by atoms with Crippen LogP contribution in [0.4, 0.5) is 4.39 Å². The molecule has 3 rings (SSSR count). The van der Waals surface area contributed by atoms with Gasteiger partial charge in [0.2, 0.25) is 0 Å². The van der Waals surface area contributed by atoms with Gasteiger partial charge in [-0.3, -0.25) is 0 Å². The van der Waals surface area contributed by atoms with Crippen LogP contribution in [0.3, 0.4) is 0 Å². The molecule has 3 nitrogen and oxygen atoms in total. The van der Waals surface area contributed by atoms with Gasteiger partial charge in [-0.25, -0.2) is 9.37 Å². The minimum Gasteiger partial charge on any atom is -0.455 e. The lowest BCUT2D eigenvalue weighted by Crippen LogP contribution is -1.98. The number of hydrogen-bond acceptors (Lipinski definition) is 3. The van der Waals surface area contributed by atoms with Crippen LogP contribution in [0, 0.1) is 5.82 Å². The summed E-state index contributed by atoms with van der Waals surface area (Å²) in [6.45, 7) is 0. The molecule has 0 fully saturated rings. The van der Waals surface area contributed by atoms with Gasteiger partial charge in [0.05, 0.1) is 0 Å². The fraction of sp³-hybridized carbons (Fsp3) is 0.0714. The van der Waals surface area contributed by atoms with Gasteiger partial charge >= 0.3 is 0 Å². The molecule has 0 radical (unpaired) electrons. The molecule has 1 atom stereocenters. The standard InChI is InChI=1S/C14H9ClFNO2/c15-12-7-8(4-5-17-12)13(18)11-6-9-2-1-3-10(16)14(9)19-11/h1-7,13,18H. The van der Waals surface area contributed by atoms with Crippen LogP contribution in [0.25, 0.3) is 11.0 Å². The maximum Gasteiger partial charge on any atom is 0.170 e. The molecule has 1 N–H and O–H groups in total. The maximum atomic E-state index is 13.5. The number of aromatic nitrogens is 1. The lowest BCUT2D eigenvalue weighted by molar-refractivity contribution is 0.192. The summed E-state index contributed by atoms with van der Waals surface area (Å²) in [6.07, 6.45) is 0.483. The predicted octanol–water partition coefficient (Wildman–Crippen LogP) is 3.70. The second-order valence-electron chi connectivity index (χ2n) is 4.12. The predicted molar refractivity (Wildman–Crippen MR) is 69.5 cm³/mol. The summed E-state index contributed by atoms with van der Waals surface area (Å²) in [4.78, 5) is 3.84. The third-order valence-electron chi connectivity index (χ3n) is 2.85. The average Bonchev–Trinajstić information content (AvgIpc) is 2.83. The number of furan rings is 1. The highest BCUT2D eigenvalue weighted by Crippen LogP contribution is 2.29. The van der Waals surface area contributed by atoms with Gasteiger partial charge in [0.1, 0.15) is 17.0 Å². The highest BCUT2D eigenvalue weighted by atomic mass is 35.5. The fourth-order valence-corrected chi connectivity index (χ4v) is 2.12. The SMILES string of the molecule is OC(c1ccnc(Cl)c1)c1cc2cccc(F)c2o1. The Balaban J connectivity index is 2.06. The van der Waals surface area contributed by atoms with Gasteiger partial charge in [-0.1, -0.05) is 23.7 Å². The Morgan fingerprint density at radius 3 is 2.84 bits per heavy atom. The van der Waals surface area contributed by atoms with Gasteiger partial charge < -0.3 is 9.52 Å². The number of rotatable bonds is 2. The van der Waals surface area contributed by atoms with Crippen LogP contribution in [0.5, 0.6) is 0 Å². The number of aliphatic hydroxyl groups is 1. The minimum absolute atomic E-state index is 0.136. The van der Waals surface area contributed by atoms with Crippen molar-refractivity contribution in [3.05, 3.63) is 64.9 Å². The van der Waals surface area contributed by atoms with Crippen LogP contribution in [0.1, 0.15) is 17.4 Å². The maximum absolute atomic E-state index is 13.5. The van der Waals surface area contributed by atoms with Crippen molar-refractivity contribution in [3.63, 3.8) is 0 Å². The second-order valence-corrected chi connectivity index (χ2v) is 4.51. The van der Waals surface area contributed by atoms with Crippen molar-refractivity contribution in [3.8, 4) is 0 Å². The lowest BCUT2D eigenvalue weighted by atomic mass is 10.1. The van der Waals surface area contributed by atoms with Crippen LogP contribution in [0.2, 0.25) is 5.15 Å². The highest BCUT2D eigenvalue weighted by molar-refractivity contribution is 6.29. The van der Waals surface area contributed by atoms with Gasteiger partial charge in [-0.15, -0.1) is 0 Å². The number of halogens is 2. The fourth-order valence-electron chi connectivity index (χ4n) is 1.93. The third-order valence-corrected chi connectivity index (χ3v) is 3.06. The van der Waals surface area contributed by atoms with Crippen LogP contribution in [0.15, 0.2) is 47.0 Å². The Labute approximate surface area is 113 Å². The number of para-hydroxylation sites is 1. The van der Waals surface area contributed by atoms with Crippen LogP contribution >= 0.6 is 11.6 Å². The third kappa shape index (κ3) is 2.20. The molecule has 0 saturated heterocycles. The van der Waals surface area contributed by atoms with E-state index in [1.54, 1.807) is 24.3 Å². The molecule has 5 heteroatoms. The molecular weight excluding hydrogens is 269 g/mol. The van der Waals surface area contributed by atoms with Crippen LogP contribution in [-0.4, -0.2) is 10.1 Å². The molecule has 0 bridgehead atoms. The zero-order valence-corrected chi connectivity index (χ0v) is 10.4. The Hall–Kier alpha value is -1.91. The Morgan fingerprint density at radius 2 is 2.11 bits per heavy atom. The monoisotopic (exact) mass is 277 g/mol. The van der Waals surface area contributed by atoms with Crippen molar-refractivity contribution >= 4 is 22.6 Å². The van der Waals surface area contributed by atoms with Crippen molar-refractivity contribution in [2.75, 3.05) is 0 Å². The molecule has 0 amide bonds. The van der Waals surface area contributed by atoms with Crippen molar-refractivity contribution in [2.24, 2.45) is 0 Å². The van der Waals surface area contributed by atoms with E-state index >= 15 is 0 Å². The van der Waals surface area contributed by atoms with E-state index in [9.17, 15) is 9.50 Å². The molecule has 1 unspecified atom stereocenters. The molecule has 3 aromatic rings. The molecule has 0 aliphatic rings. The molecule has 96 valence electrons. The van der Waals surface area contributed by atoms with Gasteiger partial charge in [0, 0.05) is 11.6 Å². The zero-order valence-electron chi connectivity index (χ0n) is 9.68. The van der Waals surface area contributed by atoms with Gasteiger partial charge in [0.15, 0.2) is 11.4 Å². The van der Waals surface area contributed by atoms with Crippen LogP contribution < -0.4 is 0 Å². The molecular formula is C14H9ClFNO2. The number of pyridine rings is 1. The summed E-state index contributed by atoms with van der Waals surface area (Å²) in [5.41, 5.74) is 0.677. The largest absolute Gasteiger partial charge is 0.455 e. The van der Waals surface area contributed by atoms with E-state index in [0.29, 0.717) is 10.9 Å². The van der Waals surface area contributed by atoms with Crippen molar-refractivity contribution in [1.29, 1.82) is 0 Å². The molecule has 2 aromatic heterocycles. The van der Waals surface area contributed by atoms with Gasteiger partial charge in [0.25, 0.3) is 0 Å². The minimum atomic E-state index is -1.01. The summed E-state index contributed by atoms with van der Waals surface area (Å²) < 4.78 is 18.9. The summed E-state index contributed by atoms with van der Waals surface area (Å²) >= 11 is 5.77. The lowest BCUT2D eigenvalue weighted by Gasteiger charge is -2.07. The number of aliphatic hydroxyl groups excluding tert-OH is 1. The first kappa shape index (κ1) is 12.1. The number of nitrogens with zero attached hydrogens (tertiary/aromatic N) is 1.